The van der Waals surface area contributed by atoms with Crippen LogP contribution >= 0.6 is 0 Å². The molecule has 0 radical (unpaired) electrons. The average molecular weight is 364 g/mol. The normalized spacial score (nSPS) is 12.2. The van der Waals surface area contributed by atoms with Crippen LogP contribution in [0.1, 0.15) is 26.3 Å². The molecule has 2 nitrogen and oxygen atoms in total. The molecular weight excluding hydrogens is 334 g/mol. The van der Waals surface area contributed by atoms with Crippen molar-refractivity contribution in [3.63, 3.8) is 0 Å². The van der Waals surface area contributed by atoms with Crippen molar-refractivity contribution in [3.8, 4) is 11.3 Å². The number of nitrogens with one attached hydrogen (secondary N) is 1. The summed E-state index contributed by atoms with van der Waals surface area (Å²) in [6, 6.07) is 19.5. The maximum Gasteiger partial charge on any atom is 0.136 e. The van der Waals surface area contributed by atoms with Crippen LogP contribution in [-0.2, 0) is 5.41 Å². The fourth-order valence-corrected chi connectivity index (χ4v) is 4.07. The number of benzene rings is 2. The molecule has 3 aromatic rings. The van der Waals surface area contributed by atoms with Crippen LogP contribution in [0.4, 0.5) is 11.4 Å². The Labute approximate surface area is 158 Å². The molecule has 1 aromatic heterocycles. The number of hydrogen-bond acceptors (Lipinski definition) is 2. The van der Waals surface area contributed by atoms with Crippen LogP contribution in [-0.4, -0.2) is 8.07 Å². The van der Waals surface area contributed by atoms with Crippen LogP contribution < -0.4 is 10.5 Å². The van der Waals surface area contributed by atoms with Crippen molar-refractivity contribution in [2.75, 3.05) is 5.32 Å². The lowest BCUT2D eigenvalue weighted by Gasteiger charge is -2.18. The van der Waals surface area contributed by atoms with E-state index in [4.69, 9.17) is 4.42 Å². The summed E-state index contributed by atoms with van der Waals surface area (Å²) in [5.74, 6) is 0.881. The lowest BCUT2D eigenvalue weighted by Crippen LogP contribution is -2.37. The summed E-state index contributed by atoms with van der Waals surface area (Å²) in [5, 5.41) is 4.90. The zero-order valence-corrected chi connectivity index (χ0v) is 17.7. The molecule has 26 heavy (non-hydrogen) atoms. The molecule has 2 aromatic carbocycles. The van der Waals surface area contributed by atoms with Crippen molar-refractivity contribution in [1.29, 1.82) is 0 Å². The molecule has 3 heteroatoms. The minimum absolute atomic E-state index is 0.163. The third-order valence-corrected chi connectivity index (χ3v) is 6.74. The molecule has 0 bridgehead atoms. The van der Waals surface area contributed by atoms with Gasteiger partial charge in [0.25, 0.3) is 0 Å². The van der Waals surface area contributed by atoms with Crippen molar-refractivity contribution < 1.29 is 4.42 Å². The van der Waals surface area contributed by atoms with E-state index in [9.17, 15) is 0 Å². The van der Waals surface area contributed by atoms with Crippen molar-refractivity contribution in [2.45, 2.75) is 45.8 Å². The molecule has 0 amide bonds. The van der Waals surface area contributed by atoms with E-state index in [1.807, 2.05) is 0 Å². The van der Waals surface area contributed by atoms with E-state index in [0.717, 1.165) is 22.7 Å². The van der Waals surface area contributed by atoms with Gasteiger partial charge in [-0.2, -0.15) is 0 Å². The molecule has 0 unspecified atom stereocenters. The minimum atomic E-state index is -1.25. The molecule has 3 rings (SSSR count). The standard InChI is InChI=1S/C23H29NOSi/c1-23(2,3)18-9-7-17(8-10-18)22-15-20(16-25-22)24-19-11-13-21(14-12-19)26(4,5)6/h7-16,24H,1-6H3. The fourth-order valence-electron chi connectivity index (χ4n) is 2.91. The lowest BCUT2D eigenvalue weighted by molar-refractivity contribution is 0.581. The van der Waals surface area contributed by atoms with Gasteiger partial charge in [-0.05, 0) is 23.1 Å². The first-order valence-electron chi connectivity index (χ1n) is 9.20. The Morgan fingerprint density at radius 1 is 0.808 bits per heavy atom. The molecule has 1 heterocycles. The summed E-state index contributed by atoms with van der Waals surface area (Å²) in [6.07, 6.45) is 1.78. The first-order chi connectivity index (χ1) is 12.1. The quantitative estimate of drug-likeness (QED) is 0.533. The Kier molecular flexibility index (Phi) is 4.85. The van der Waals surface area contributed by atoms with Gasteiger partial charge in [-0.15, -0.1) is 0 Å². The van der Waals surface area contributed by atoms with Gasteiger partial charge in [-0.25, -0.2) is 0 Å². The van der Waals surface area contributed by atoms with E-state index >= 15 is 0 Å². The second kappa shape index (κ2) is 6.80. The monoisotopic (exact) mass is 363 g/mol. The average Bonchev–Trinajstić information content (AvgIpc) is 3.02. The third-order valence-electron chi connectivity index (χ3n) is 4.67. The van der Waals surface area contributed by atoms with Crippen LogP contribution in [0.15, 0.2) is 65.3 Å². The Bertz CT molecular complexity index is 862. The Balaban J connectivity index is 1.74. The number of hydrogen-bond donors (Lipinski definition) is 1. The summed E-state index contributed by atoms with van der Waals surface area (Å²) >= 11 is 0. The lowest BCUT2D eigenvalue weighted by atomic mass is 9.86. The Morgan fingerprint density at radius 2 is 1.42 bits per heavy atom. The van der Waals surface area contributed by atoms with Gasteiger partial charge in [0, 0.05) is 17.3 Å². The van der Waals surface area contributed by atoms with Crippen molar-refractivity contribution in [2.24, 2.45) is 0 Å². The fraction of sp³-hybridized carbons (Fsp3) is 0.304. The Hall–Kier alpha value is -2.26. The van der Waals surface area contributed by atoms with Crippen LogP contribution in [0.5, 0.6) is 0 Å². The van der Waals surface area contributed by atoms with E-state index < -0.39 is 8.07 Å². The molecule has 0 aliphatic carbocycles. The maximum atomic E-state index is 5.77. The predicted octanol–water partition coefficient (Wildman–Crippen LogP) is 6.53. The zero-order chi connectivity index (χ0) is 18.9. The van der Waals surface area contributed by atoms with E-state index in [2.05, 4.69) is 100 Å². The number of furan rings is 1. The van der Waals surface area contributed by atoms with Gasteiger partial charge in [0.1, 0.15) is 12.0 Å². The van der Waals surface area contributed by atoms with Gasteiger partial charge in [-0.1, -0.05) is 82.0 Å². The molecule has 0 aliphatic rings. The van der Waals surface area contributed by atoms with Gasteiger partial charge in [0.15, 0.2) is 0 Å². The molecule has 0 fully saturated rings. The molecule has 0 aliphatic heterocycles. The van der Waals surface area contributed by atoms with Crippen LogP contribution in [0, 0.1) is 0 Å². The summed E-state index contributed by atoms with van der Waals surface area (Å²) in [6.45, 7) is 13.8. The van der Waals surface area contributed by atoms with Crippen molar-refractivity contribution in [1.82, 2.24) is 0 Å². The largest absolute Gasteiger partial charge is 0.462 e. The highest BCUT2D eigenvalue weighted by Gasteiger charge is 2.16. The van der Waals surface area contributed by atoms with Crippen LogP contribution in [0.3, 0.4) is 0 Å². The second-order valence-corrected chi connectivity index (χ2v) is 14.1. The Morgan fingerprint density at radius 3 is 1.96 bits per heavy atom. The predicted molar refractivity (Wildman–Crippen MR) is 116 cm³/mol. The molecular formula is C23H29NOSi. The van der Waals surface area contributed by atoms with E-state index in [-0.39, 0.29) is 5.41 Å². The molecule has 0 spiro atoms. The first-order valence-corrected chi connectivity index (χ1v) is 12.7. The van der Waals surface area contributed by atoms with Gasteiger partial charge < -0.3 is 9.73 Å². The van der Waals surface area contributed by atoms with Gasteiger partial charge in [-0.3, -0.25) is 0 Å². The topological polar surface area (TPSA) is 25.2 Å². The van der Waals surface area contributed by atoms with Crippen LogP contribution in [0.2, 0.25) is 19.6 Å². The van der Waals surface area contributed by atoms with E-state index in [1.54, 1.807) is 6.26 Å². The summed E-state index contributed by atoms with van der Waals surface area (Å²) < 4.78 is 5.77. The number of rotatable bonds is 4. The second-order valence-electron chi connectivity index (χ2n) is 8.98. The third kappa shape index (κ3) is 4.28. The molecule has 136 valence electrons. The highest BCUT2D eigenvalue weighted by atomic mass is 28.3. The van der Waals surface area contributed by atoms with Crippen molar-refractivity contribution >= 4 is 24.6 Å². The number of anilines is 2. The van der Waals surface area contributed by atoms with Crippen LogP contribution in [0.25, 0.3) is 11.3 Å². The smallest absolute Gasteiger partial charge is 0.136 e. The van der Waals surface area contributed by atoms with Gasteiger partial charge >= 0.3 is 0 Å². The SMILES string of the molecule is CC(C)(C)c1ccc(-c2cc(Nc3ccc([Si](C)(C)C)cc3)co2)cc1. The molecule has 0 atom stereocenters. The summed E-state index contributed by atoms with van der Waals surface area (Å²) in [4.78, 5) is 0. The van der Waals surface area contributed by atoms with E-state index in [1.165, 1.54) is 10.8 Å². The van der Waals surface area contributed by atoms with E-state index in [0.29, 0.717) is 0 Å². The molecule has 0 saturated carbocycles. The minimum Gasteiger partial charge on any atom is -0.462 e. The highest BCUT2D eigenvalue weighted by Crippen LogP contribution is 2.29. The first kappa shape index (κ1) is 18.5. The zero-order valence-electron chi connectivity index (χ0n) is 16.7. The molecule has 0 saturated heterocycles. The van der Waals surface area contributed by atoms with Crippen molar-refractivity contribution in [3.05, 3.63) is 66.4 Å². The summed E-state index contributed by atoms with van der Waals surface area (Å²) in [5.41, 5.74) is 4.65. The van der Waals surface area contributed by atoms with Gasteiger partial charge in [0.2, 0.25) is 0 Å². The summed E-state index contributed by atoms with van der Waals surface area (Å²) in [7, 11) is -1.25. The molecule has 1 N–H and O–H groups in total. The maximum absolute atomic E-state index is 5.77. The highest BCUT2D eigenvalue weighted by molar-refractivity contribution is 6.88. The van der Waals surface area contributed by atoms with Gasteiger partial charge in [0.05, 0.1) is 13.8 Å².